The van der Waals surface area contributed by atoms with Crippen molar-refractivity contribution in [2.75, 3.05) is 44.9 Å². The summed E-state index contributed by atoms with van der Waals surface area (Å²) in [6, 6.07) is 2.10. The Bertz CT molecular complexity index is 1270. The van der Waals surface area contributed by atoms with Crippen molar-refractivity contribution < 1.29 is 44.3 Å². The highest BCUT2D eigenvalue weighted by Gasteiger charge is 2.34. The van der Waals surface area contributed by atoms with E-state index in [1.165, 1.54) is 0 Å². The van der Waals surface area contributed by atoms with E-state index < -0.39 is 11.9 Å². The molecule has 0 unspecified atom stereocenters. The lowest BCUT2D eigenvalue weighted by atomic mass is 9.99. The molecule has 0 saturated carbocycles. The van der Waals surface area contributed by atoms with Crippen LogP contribution in [0.1, 0.15) is 36.1 Å². The van der Waals surface area contributed by atoms with Crippen LogP contribution in [0.2, 0.25) is 0 Å². The van der Waals surface area contributed by atoms with Crippen LogP contribution in [-0.4, -0.2) is 99.4 Å². The minimum atomic E-state index is -1.26. The Morgan fingerprint density at radius 3 is 2.38 bits per heavy atom. The van der Waals surface area contributed by atoms with Crippen LogP contribution in [0.4, 0.5) is 5.69 Å². The van der Waals surface area contributed by atoms with E-state index in [1.807, 2.05) is 18.0 Å². The number of carboxylic acid groups (broad SMARTS) is 2. The van der Waals surface area contributed by atoms with Crippen LogP contribution in [0.15, 0.2) is 30.7 Å². The second kappa shape index (κ2) is 15.1. The van der Waals surface area contributed by atoms with Gasteiger partial charge in [0.2, 0.25) is 17.7 Å². The van der Waals surface area contributed by atoms with Crippen molar-refractivity contribution in [1.82, 2.24) is 19.9 Å². The number of hydrogen-bond acceptors (Lipinski definition) is 10. The molecule has 2 fully saturated rings. The van der Waals surface area contributed by atoms with Crippen molar-refractivity contribution in [1.29, 1.82) is 0 Å². The third-order valence-corrected chi connectivity index (χ3v) is 7.21. The smallest absolute Gasteiger partial charge is 0.328 e. The van der Waals surface area contributed by atoms with Crippen LogP contribution in [0.25, 0.3) is 0 Å². The summed E-state index contributed by atoms with van der Waals surface area (Å²) in [6.45, 7) is 6.22. The molecule has 3 aliphatic heterocycles. The van der Waals surface area contributed by atoms with Crippen LogP contribution >= 0.6 is 0 Å². The number of carbonyl (C=O) groups excluding carboxylic acids is 1. The van der Waals surface area contributed by atoms with E-state index in [4.69, 9.17) is 24.4 Å². The Kier molecular flexibility index (Phi) is 11.6. The van der Waals surface area contributed by atoms with E-state index in [0.29, 0.717) is 50.2 Å². The molecule has 5 heterocycles. The summed E-state index contributed by atoms with van der Waals surface area (Å²) in [5.41, 5.74) is 4.10. The van der Waals surface area contributed by atoms with Gasteiger partial charge in [0.25, 0.3) is 0 Å². The lowest BCUT2D eigenvalue weighted by Crippen LogP contribution is -2.38. The van der Waals surface area contributed by atoms with E-state index >= 15 is 0 Å². The van der Waals surface area contributed by atoms with Crippen LogP contribution in [0.3, 0.4) is 0 Å². The fourth-order valence-corrected chi connectivity index (χ4v) is 5.10. The van der Waals surface area contributed by atoms with Gasteiger partial charge in [0.05, 0.1) is 43.3 Å². The predicted octanol–water partition coefficient (Wildman–Crippen LogP) is 1.04. The fourth-order valence-electron chi connectivity index (χ4n) is 5.10. The number of rotatable bonds is 7. The molecule has 5 rings (SSSR count). The lowest BCUT2D eigenvalue weighted by Gasteiger charge is -2.31. The van der Waals surface area contributed by atoms with E-state index in [2.05, 4.69) is 25.9 Å². The average molecular weight is 588 g/mol. The summed E-state index contributed by atoms with van der Waals surface area (Å²) >= 11 is 0. The van der Waals surface area contributed by atoms with Crippen LogP contribution in [0, 0.1) is 12.8 Å². The largest absolute Gasteiger partial charge is 0.481 e. The van der Waals surface area contributed by atoms with E-state index in [0.717, 1.165) is 61.3 Å². The second-order valence-corrected chi connectivity index (χ2v) is 10.0. The number of aryl methyl sites for hydroxylation is 1. The Morgan fingerprint density at radius 2 is 1.74 bits per heavy atom. The van der Waals surface area contributed by atoms with Gasteiger partial charge in [-0.1, -0.05) is 0 Å². The first kappa shape index (κ1) is 32.2. The average Bonchev–Trinajstić information content (AvgIpc) is 3.45. The molecule has 228 valence electrons. The van der Waals surface area contributed by atoms with Gasteiger partial charge in [0.15, 0.2) is 0 Å². The third kappa shape index (κ3) is 8.36. The molecule has 4 N–H and O–H groups in total. The maximum Gasteiger partial charge on any atom is 0.328 e. The molecule has 3 aliphatic rings. The lowest BCUT2D eigenvalue weighted by molar-refractivity contribution is -0.137. The van der Waals surface area contributed by atoms with E-state index in [-0.39, 0.29) is 23.4 Å². The van der Waals surface area contributed by atoms with Gasteiger partial charge >= 0.3 is 11.9 Å². The number of hydrogen-bond donors (Lipinski definition) is 2. The molecule has 42 heavy (non-hydrogen) atoms. The van der Waals surface area contributed by atoms with Crippen molar-refractivity contribution in [2.45, 2.75) is 45.3 Å². The zero-order valence-corrected chi connectivity index (χ0v) is 23.7. The number of aromatic nitrogens is 3. The molecule has 14 nitrogen and oxygen atoms in total. The summed E-state index contributed by atoms with van der Waals surface area (Å²) in [4.78, 5) is 49.6. The molecule has 14 heteroatoms. The SMILES string of the molecule is COc1ncc(N2CCc3ncnc(O[C@H]4CCN(C(=O)C5CCOCC5)C4)c3C2)cc1C.O.O=C(O)/C=C/C(=O)O. The Morgan fingerprint density at radius 1 is 1.02 bits per heavy atom. The zero-order valence-electron chi connectivity index (χ0n) is 23.7. The van der Waals surface area contributed by atoms with E-state index in [1.54, 1.807) is 13.4 Å². The number of ether oxygens (including phenoxy) is 3. The van der Waals surface area contributed by atoms with Crippen LogP contribution in [0.5, 0.6) is 11.8 Å². The van der Waals surface area contributed by atoms with Crippen LogP contribution < -0.4 is 14.4 Å². The summed E-state index contributed by atoms with van der Waals surface area (Å²) in [7, 11) is 1.63. The number of anilines is 1. The van der Waals surface area contributed by atoms with Gasteiger partial charge in [0, 0.05) is 62.8 Å². The first-order chi connectivity index (χ1) is 19.7. The summed E-state index contributed by atoms with van der Waals surface area (Å²) in [5, 5.41) is 15.6. The normalized spacial score (nSPS) is 18.4. The van der Waals surface area contributed by atoms with Gasteiger partial charge in [-0.25, -0.2) is 24.5 Å². The van der Waals surface area contributed by atoms with Gasteiger partial charge in [0.1, 0.15) is 12.4 Å². The number of pyridine rings is 1. The first-order valence-electron chi connectivity index (χ1n) is 13.5. The Hall–Kier alpha value is -4.30. The predicted molar refractivity (Wildman–Crippen MR) is 149 cm³/mol. The molecule has 0 spiro atoms. The molecule has 2 saturated heterocycles. The second-order valence-electron chi connectivity index (χ2n) is 10.0. The molecule has 0 bridgehead atoms. The molecule has 2 aromatic rings. The molecule has 0 aromatic carbocycles. The number of aliphatic carboxylic acids is 2. The van der Waals surface area contributed by atoms with Crippen molar-refractivity contribution in [2.24, 2.45) is 5.92 Å². The highest BCUT2D eigenvalue weighted by atomic mass is 16.5. The third-order valence-electron chi connectivity index (χ3n) is 7.21. The number of fused-ring (bicyclic) bond motifs is 1. The number of methoxy groups -OCH3 is 1. The molecule has 1 amide bonds. The van der Waals surface area contributed by atoms with Crippen molar-refractivity contribution in [3.8, 4) is 11.8 Å². The topological polar surface area (TPSA) is 196 Å². The monoisotopic (exact) mass is 587 g/mol. The maximum atomic E-state index is 12.9. The number of likely N-dealkylation sites (tertiary alicyclic amines) is 1. The minimum Gasteiger partial charge on any atom is -0.481 e. The quantitative estimate of drug-likeness (QED) is 0.438. The minimum absolute atomic E-state index is 0. The summed E-state index contributed by atoms with van der Waals surface area (Å²) in [6.07, 6.45) is 7.77. The summed E-state index contributed by atoms with van der Waals surface area (Å²) in [5.74, 6) is -0.917. The fraction of sp³-hybridized carbons (Fsp3) is 0.500. The Labute approximate surface area is 243 Å². The van der Waals surface area contributed by atoms with Gasteiger partial charge in [-0.2, -0.15) is 0 Å². The molecule has 2 aromatic heterocycles. The van der Waals surface area contributed by atoms with Gasteiger partial charge < -0.3 is 39.7 Å². The van der Waals surface area contributed by atoms with E-state index in [9.17, 15) is 14.4 Å². The number of nitrogens with zero attached hydrogens (tertiary/aromatic N) is 5. The molecular weight excluding hydrogens is 550 g/mol. The molecular formula is C28H37N5O9. The van der Waals surface area contributed by atoms with Crippen molar-refractivity contribution in [3.63, 3.8) is 0 Å². The standard InChI is InChI=1S/C24H31N5O4.C4H4O4.H2O/c1-16-11-18(12-25-22(16)31-2)28-8-4-21-20(14-28)23(27-15-26-21)33-19-3-7-29(13-19)24(30)17-5-9-32-10-6-17;5-3(6)1-2-4(7)8;/h11-12,15,17,19H,3-10,13-14H2,1-2H3;1-2H,(H,5,6)(H,7,8);1H2/b;2-1+;/t19-;;/m0../s1. The van der Waals surface area contributed by atoms with Gasteiger partial charge in [-0.3, -0.25) is 4.79 Å². The first-order valence-corrected chi connectivity index (χ1v) is 13.5. The van der Waals surface area contributed by atoms with Gasteiger partial charge in [-0.15, -0.1) is 0 Å². The number of amides is 1. The Balaban J connectivity index is 0.000000475. The highest BCUT2D eigenvalue weighted by Crippen LogP contribution is 2.31. The zero-order chi connectivity index (χ0) is 29.4. The number of carboxylic acids is 2. The maximum absolute atomic E-state index is 12.9. The van der Waals surface area contributed by atoms with Crippen molar-refractivity contribution in [3.05, 3.63) is 47.6 Å². The highest BCUT2D eigenvalue weighted by molar-refractivity contribution is 5.89. The van der Waals surface area contributed by atoms with Crippen LogP contribution in [-0.2, 0) is 32.1 Å². The van der Waals surface area contributed by atoms with Crippen molar-refractivity contribution >= 4 is 23.5 Å². The molecule has 1 atom stereocenters. The molecule has 0 radical (unpaired) electrons. The van der Waals surface area contributed by atoms with Gasteiger partial charge in [-0.05, 0) is 25.8 Å². The number of carbonyl (C=O) groups is 3. The molecule has 0 aliphatic carbocycles. The summed E-state index contributed by atoms with van der Waals surface area (Å²) < 4.78 is 17.1.